The van der Waals surface area contributed by atoms with Crippen LogP contribution in [-0.2, 0) is 14.4 Å². The Morgan fingerprint density at radius 3 is 2.45 bits per heavy atom. The van der Waals surface area contributed by atoms with Gasteiger partial charge in [-0.15, -0.1) is 0 Å². The minimum absolute atomic E-state index is 0.0354. The summed E-state index contributed by atoms with van der Waals surface area (Å²) in [4.78, 5) is 38.0. The summed E-state index contributed by atoms with van der Waals surface area (Å²) in [7, 11) is 0. The van der Waals surface area contributed by atoms with Gasteiger partial charge in [-0.2, -0.15) is 0 Å². The zero-order valence-corrected chi connectivity index (χ0v) is 13.6. The maximum atomic E-state index is 12.5. The second kappa shape index (κ2) is 7.61. The molecule has 6 nitrogen and oxygen atoms in total. The Bertz CT molecular complexity index is 432. The second-order valence-electron chi connectivity index (χ2n) is 6.32. The highest BCUT2D eigenvalue weighted by Crippen LogP contribution is 2.21. The lowest BCUT2D eigenvalue weighted by Crippen LogP contribution is -2.53. The van der Waals surface area contributed by atoms with Crippen molar-refractivity contribution in [1.29, 1.82) is 0 Å². The van der Waals surface area contributed by atoms with E-state index in [2.05, 4.69) is 10.6 Å². The molecule has 0 bridgehead atoms. The fourth-order valence-electron chi connectivity index (χ4n) is 3.32. The van der Waals surface area contributed by atoms with Crippen LogP contribution in [0.3, 0.4) is 0 Å². The summed E-state index contributed by atoms with van der Waals surface area (Å²) in [5.41, 5.74) is 0. The van der Waals surface area contributed by atoms with Gasteiger partial charge < -0.3 is 15.5 Å². The lowest BCUT2D eigenvalue weighted by molar-refractivity contribution is -0.141. The maximum absolute atomic E-state index is 12.5. The first-order chi connectivity index (χ1) is 10.5. The molecule has 0 aromatic heterocycles. The molecule has 6 heteroatoms. The summed E-state index contributed by atoms with van der Waals surface area (Å²) in [6, 6.07) is -0.691. The summed E-state index contributed by atoms with van der Waals surface area (Å²) >= 11 is 0. The molecule has 2 atom stereocenters. The summed E-state index contributed by atoms with van der Waals surface area (Å²) in [6.45, 7) is 4.02. The number of hydrogen-bond acceptors (Lipinski definition) is 3. The first-order valence-electron chi connectivity index (χ1n) is 8.43. The minimum Gasteiger partial charge on any atom is -0.352 e. The monoisotopic (exact) mass is 309 g/mol. The average Bonchev–Trinajstić information content (AvgIpc) is 3.16. The van der Waals surface area contributed by atoms with Crippen molar-refractivity contribution in [2.24, 2.45) is 0 Å². The van der Waals surface area contributed by atoms with Crippen molar-refractivity contribution >= 4 is 17.7 Å². The van der Waals surface area contributed by atoms with Gasteiger partial charge in [0.2, 0.25) is 17.7 Å². The molecule has 0 aromatic carbocycles. The molecule has 2 rings (SSSR count). The van der Waals surface area contributed by atoms with Crippen LogP contribution < -0.4 is 10.6 Å². The van der Waals surface area contributed by atoms with E-state index in [0.717, 1.165) is 19.3 Å². The van der Waals surface area contributed by atoms with Crippen LogP contribution >= 0.6 is 0 Å². The van der Waals surface area contributed by atoms with Gasteiger partial charge in [0.15, 0.2) is 0 Å². The summed E-state index contributed by atoms with van der Waals surface area (Å²) in [6.07, 6.45) is 6.30. The normalized spacial score (nSPS) is 23.4. The lowest BCUT2D eigenvalue weighted by atomic mass is 10.1. The predicted molar refractivity (Wildman–Crippen MR) is 83.0 cm³/mol. The van der Waals surface area contributed by atoms with Gasteiger partial charge in [-0.25, -0.2) is 0 Å². The zero-order chi connectivity index (χ0) is 16.1. The molecule has 1 aliphatic heterocycles. The third-order valence-electron chi connectivity index (χ3n) is 4.61. The smallest absolute Gasteiger partial charge is 0.245 e. The van der Waals surface area contributed by atoms with E-state index >= 15 is 0 Å². The van der Waals surface area contributed by atoms with Gasteiger partial charge in [0.25, 0.3) is 0 Å². The molecule has 22 heavy (non-hydrogen) atoms. The van der Waals surface area contributed by atoms with E-state index in [9.17, 15) is 14.4 Å². The van der Waals surface area contributed by atoms with Crippen LogP contribution in [0.1, 0.15) is 58.8 Å². The van der Waals surface area contributed by atoms with E-state index in [0.29, 0.717) is 19.4 Å². The number of amides is 3. The molecule has 3 amide bonds. The SMILES string of the molecule is CCC(=O)N[C@@H](C)C(=O)N1CCC[C@H]1C(=O)NC1CCCC1. The van der Waals surface area contributed by atoms with Crippen LogP contribution in [0.25, 0.3) is 0 Å². The highest BCUT2D eigenvalue weighted by molar-refractivity contribution is 5.92. The van der Waals surface area contributed by atoms with Gasteiger partial charge in [-0.1, -0.05) is 19.8 Å². The Morgan fingerprint density at radius 1 is 1.14 bits per heavy atom. The fourth-order valence-corrected chi connectivity index (χ4v) is 3.32. The number of rotatable bonds is 5. The third kappa shape index (κ3) is 3.99. The molecule has 0 spiro atoms. The molecule has 2 N–H and O–H groups in total. The highest BCUT2D eigenvalue weighted by atomic mass is 16.2. The Morgan fingerprint density at radius 2 is 1.82 bits per heavy atom. The topological polar surface area (TPSA) is 78.5 Å². The maximum Gasteiger partial charge on any atom is 0.245 e. The Labute approximate surface area is 132 Å². The van der Waals surface area contributed by atoms with Gasteiger partial charge in [-0.3, -0.25) is 14.4 Å². The summed E-state index contributed by atoms with van der Waals surface area (Å²) in [5.74, 6) is -0.343. The molecule has 1 saturated heterocycles. The van der Waals surface area contributed by atoms with E-state index in [1.807, 2.05) is 0 Å². The molecule has 0 radical (unpaired) electrons. The number of carbonyl (C=O) groups is 3. The van der Waals surface area contributed by atoms with Crippen LogP contribution in [0.4, 0.5) is 0 Å². The molecule has 0 unspecified atom stereocenters. The van der Waals surface area contributed by atoms with Gasteiger partial charge in [0.1, 0.15) is 12.1 Å². The van der Waals surface area contributed by atoms with Crippen molar-refractivity contribution in [3.8, 4) is 0 Å². The van der Waals surface area contributed by atoms with E-state index in [1.54, 1.807) is 18.7 Å². The molecular weight excluding hydrogens is 282 g/mol. The average molecular weight is 309 g/mol. The van der Waals surface area contributed by atoms with Gasteiger partial charge in [0, 0.05) is 19.0 Å². The summed E-state index contributed by atoms with van der Waals surface area (Å²) in [5, 5.41) is 5.75. The predicted octanol–water partition coefficient (Wildman–Crippen LogP) is 0.951. The number of nitrogens with zero attached hydrogens (tertiary/aromatic N) is 1. The first-order valence-corrected chi connectivity index (χ1v) is 8.43. The van der Waals surface area contributed by atoms with E-state index in [4.69, 9.17) is 0 Å². The molecule has 0 aromatic rings. The van der Waals surface area contributed by atoms with Crippen molar-refractivity contribution < 1.29 is 14.4 Å². The number of hydrogen-bond donors (Lipinski definition) is 2. The quantitative estimate of drug-likeness (QED) is 0.793. The molecule has 1 heterocycles. The van der Waals surface area contributed by atoms with Crippen LogP contribution in [0.5, 0.6) is 0 Å². The van der Waals surface area contributed by atoms with Gasteiger partial charge in [-0.05, 0) is 32.6 Å². The Hall–Kier alpha value is -1.59. The number of carbonyl (C=O) groups excluding carboxylic acids is 3. The highest BCUT2D eigenvalue weighted by Gasteiger charge is 2.37. The van der Waals surface area contributed by atoms with Gasteiger partial charge >= 0.3 is 0 Å². The zero-order valence-electron chi connectivity index (χ0n) is 13.6. The molecule has 1 aliphatic carbocycles. The van der Waals surface area contributed by atoms with Crippen molar-refractivity contribution in [1.82, 2.24) is 15.5 Å². The summed E-state index contributed by atoms with van der Waals surface area (Å²) < 4.78 is 0. The molecular formula is C16H27N3O3. The van der Waals surface area contributed by atoms with Crippen molar-refractivity contribution in [2.75, 3.05) is 6.54 Å². The lowest BCUT2D eigenvalue weighted by Gasteiger charge is -2.28. The molecule has 2 aliphatic rings. The Kier molecular flexibility index (Phi) is 5.80. The van der Waals surface area contributed by atoms with E-state index < -0.39 is 6.04 Å². The fraction of sp³-hybridized carbons (Fsp3) is 0.812. The minimum atomic E-state index is -0.577. The van der Waals surface area contributed by atoms with E-state index in [1.165, 1.54) is 12.8 Å². The number of nitrogens with one attached hydrogen (secondary N) is 2. The first kappa shape index (κ1) is 16.8. The molecule has 1 saturated carbocycles. The van der Waals surface area contributed by atoms with Crippen molar-refractivity contribution in [2.45, 2.75) is 76.9 Å². The van der Waals surface area contributed by atoms with Crippen molar-refractivity contribution in [3.63, 3.8) is 0 Å². The van der Waals surface area contributed by atoms with Crippen LogP contribution in [-0.4, -0.2) is 47.3 Å². The standard InChI is InChI=1S/C16H27N3O3/c1-3-14(20)17-11(2)16(22)19-10-6-9-13(19)15(21)18-12-7-4-5-8-12/h11-13H,3-10H2,1-2H3,(H,17,20)(H,18,21)/t11-,13-/m0/s1. The third-order valence-corrected chi connectivity index (χ3v) is 4.61. The van der Waals surface area contributed by atoms with Crippen LogP contribution in [0.15, 0.2) is 0 Å². The largest absolute Gasteiger partial charge is 0.352 e. The number of likely N-dealkylation sites (tertiary alicyclic amines) is 1. The van der Waals surface area contributed by atoms with Crippen LogP contribution in [0, 0.1) is 0 Å². The Balaban J connectivity index is 1.92. The molecule has 2 fully saturated rings. The van der Waals surface area contributed by atoms with Crippen LogP contribution in [0.2, 0.25) is 0 Å². The molecule has 124 valence electrons. The van der Waals surface area contributed by atoms with Crippen molar-refractivity contribution in [3.05, 3.63) is 0 Å². The van der Waals surface area contributed by atoms with E-state index in [-0.39, 0.29) is 29.8 Å². The van der Waals surface area contributed by atoms with Gasteiger partial charge in [0.05, 0.1) is 0 Å². The second-order valence-corrected chi connectivity index (χ2v) is 6.32.